The minimum absolute atomic E-state index is 0.335. The lowest BCUT2D eigenvalue weighted by atomic mass is 10.1. The Bertz CT molecular complexity index is 1300. The minimum Gasteiger partial charge on any atom is -0.462 e. The van der Waals surface area contributed by atoms with E-state index in [1.165, 1.54) is 16.7 Å². The first-order chi connectivity index (χ1) is 15.2. The predicted octanol–water partition coefficient (Wildman–Crippen LogP) is 6.12. The predicted molar refractivity (Wildman–Crippen MR) is 125 cm³/mol. The van der Waals surface area contributed by atoms with Gasteiger partial charge in [0.2, 0.25) is 0 Å². The van der Waals surface area contributed by atoms with Crippen LogP contribution in [0.25, 0.3) is 27.6 Å². The first kappa shape index (κ1) is 20.3. The van der Waals surface area contributed by atoms with Crippen LogP contribution in [0.15, 0.2) is 78.3 Å². The van der Waals surface area contributed by atoms with Gasteiger partial charge in [-0.1, -0.05) is 36.4 Å². The fraction of sp³-hybridized carbons (Fsp3) is 0.0800. The van der Waals surface area contributed by atoms with Crippen molar-refractivity contribution in [2.45, 2.75) is 6.92 Å². The Balaban J connectivity index is 1.51. The summed E-state index contributed by atoms with van der Waals surface area (Å²) in [6, 6.07) is 23.5. The fourth-order valence-corrected chi connectivity index (χ4v) is 3.89. The monoisotopic (exact) mass is 425 g/mol. The zero-order chi connectivity index (χ0) is 21.6. The fourth-order valence-electron chi connectivity index (χ4n) is 3.09. The number of nitriles is 1. The van der Waals surface area contributed by atoms with Crippen LogP contribution in [0, 0.1) is 11.3 Å². The zero-order valence-corrected chi connectivity index (χ0v) is 17.6. The second-order valence-corrected chi connectivity index (χ2v) is 7.57. The summed E-state index contributed by atoms with van der Waals surface area (Å²) in [4.78, 5) is 16.4. The highest BCUT2D eigenvalue weighted by Crippen LogP contribution is 2.28. The number of carbonyl (C=O) groups is 1. The molecule has 0 saturated carbocycles. The molecule has 0 atom stereocenters. The molecule has 1 aromatic heterocycles. The number of nitrogens with zero attached hydrogens (tertiary/aromatic N) is 2. The van der Waals surface area contributed by atoms with Gasteiger partial charge in [-0.05, 0) is 48.0 Å². The average Bonchev–Trinajstić information content (AvgIpc) is 3.30. The molecule has 0 amide bonds. The number of hydrogen-bond acceptors (Lipinski definition) is 6. The van der Waals surface area contributed by atoms with Crippen molar-refractivity contribution in [2.24, 2.45) is 0 Å². The van der Waals surface area contributed by atoms with Crippen molar-refractivity contribution in [3.05, 3.63) is 88.9 Å². The van der Waals surface area contributed by atoms with E-state index in [4.69, 9.17) is 4.74 Å². The Kier molecular flexibility index (Phi) is 6.06. The van der Waals surface area contributed by atoms with Crippen LogP contribution in [-0.2, 0) is 4.74 Å². The summed E-state index contributed by atoms with van der Waals surface area (Å²) < 4.78 is 4.98. The van der Waals surface area contributed by atoms with Gasteiger partial charge < -0.3 is 10.1 Å². The number of aromatic nitrogens is 1. The number of nitrogens with one attached hydrogen (secondary N) is 1. The van der Waals surface area contributed by atoms with Crippen LogP contribution >= 0.6 is 11.3 Å². The quantitative estimate of drug-likeness (QED) is 0.298. The number of benzene rings is 3. The van der Waals surface area contributed by atoms with E-state index >= 15 is 0 Å². The number of rotatable bonds is 6. The lowest BCUT2D eigenvalue weighted by molar-refractivity contribution is 0.0526. The second kappa shape index (κ2) is 9.24. The molecule has 0 bridgehead atoms. The number of allylic oxidation sites excluding steroid dienone is 1. The van der Waals surface area contributed by atoms with Crippen LogP contribution in [0.1, 0.15) is 22.3 Å². The molecular weight excluding hydrogens is 406 g/mol. The maximum atomic E-state index is 11.7. The van der Waals surface area contributed by atoms with E-state index in [-0.39, 0.29) is 5.97 Å². The lowest BCUT2D eigenvalue weighted by Crippen LogP contribution is -2.04. The molecule has 0 unspecified atom stereocenters. The summed E-state index contributed by atoms with van der Waals surface area (Å²) in [5.74, 6) is -0.355. The Morgan fingerprint density at radius 2 is 1.90 bits per heavy atom. The SMILES string of the molecule is CCOC(=O)c1ccc(N/C=C(\C#N)c2nc(-c3ccc4ccccc4c3)cs2)cc1. The molecule has 5 nitrogen and oxygen atoms in total. The third kappa shape index (κ3) is 4.63. The van der Waals surface area contributed by atoms with E-state index in [9.17, 15) is 10.1 Å². The minimum atomic E-state index is -0.355. The molecule has 4 rings (SSSR count). The largest absolute Gasteiger partial charge is 0.462 e. The number of fused-ring (bicyclic) bond motifs is 1. The highest BCUT2D eigenvalue weighted by atomic mass is 32.1. The van der Waals surface area contributed by atoms with Crippen molar-refractivity contribution in [1.29, 1.82) is 5.26 Å². The Hall–Kier alpha value is -3.95. The molecule has 6 heteroatoms. The molecule has 1 heterocycles. The summed E-state index contributed by atoms with van der Waals surface area (Å²) in [5, 5.41) is 17.6. The third-order valence-corrected chi connectivity index (χ3v) is 5.56. The van der Waals surface area contributed by atoms with Crippen LogP contribution < -0.4 is 5.32 Å². The Morgan fingerprint density at radius 1 is 1.13 bits per heavy atom. The summed E-state index contributed by atoms with van der Waals surface area (Å²) in [5.41, 5.74) is 3.53. The third-order valence-electron chi connectivity index (χ3n) is 4.68. The highest BCUT2D eigenvalue weighted by Gasteiger charge is 2.10. The maximum Gasteiger partial charge on any atom is 0.338 e. The van der Waals surface area contributed by atoms with Gasteiger partial charge in [0.1, 0.15) is 16.6 Å². The average molecular weight is 426 g/mol. The molecule has 0 fully saturated rings. The van der Waals surface area contributed by atoms with E-state index in [2.05, 4.69) is 40.6 Å². The van der Waals surface area contributed by atoms with Gasteiger partial charge in [0.05, 0.1) is 17.9 Å². The number of carbonyl (C=O) groups excluding carboxylic acids is 1. The van der Waals surface area contributed by atoms with Gasteiger partial charge in [0.25, 0.3) is 0 Å². The molecule has 0 aliphatic heterocycles. The van der Waals surface area contributed by atoms with Gasteiger partial charge in [-0.25, -0.2) is 9.78 Å². The van der Waals surface area contributed by atoms with E-state index in [1.807, 2.05) is 23.6 Å². The number of esters is 1. The first-order valence-corrected chi connectivity index (χ1v) is 10.6. The Labute approximate surface area is 184 Å². The molecule has 3 aromatic carbocycles. The molecule has 0 aliphatic carbocycles. The van der Waals surface area contributed by atoms with Crippen molar-refractivity contribution in [3.63, 3.8) is 0 Å². The van der Waals surface area contributed by atoms with E-state index in [1.54, 1.807) is 37.4 Å². The number of ether oxygens (including phenoxy) is 1. The van der Waals surface area contributed by atoms with Gasteiger partial charge in [0, 0.05) is 22.8 Å². The number of hydrogen-bond donors (Lipinski definition) is 1. The molecule has 0 radical (unpaired) electrons. The van der Waals surface area contributed by atoms with Gasteiger partial charge in [-0.3, -0.25) is 0 Å². The summed E-state index contributed by atoms with van der Waals surface area (Å²) >= 11 is 1.43. The Morgan fingerprint density at radius 3 is 2.65 bits per heavy atom. The summed E-state index contributed by atoms with van der Waals surface area (Å²) in [6.45, 7) is 2.11. The lowest BCUT2D eigenvalue weighted by Gasteiger charge is -2.04. The molecule has 4 aromatic rings. The number of thiazole rings is 1. The molecule has 1 N–H and O–H groups in total. The smallest absolute Gasteiger partial charge is 0.338 e. The van der Waals surface area contributed by atoms with Crippen LogP contribution in [0.4, 0.5) is 5.69 Å². The van der Waals surface area contributed by atoms with Crippen molar-refractivity contribution < 1.29 is 9.53 Å². The molecule has 0 aliphatic rings. The molecular formula is C25H19N3O2S. The summed E-state index contributed by atoms with van der Waals surface area (Å²) in [7, 11) is 0. The van der Waals surface area contributed by atoms with E-state index in [0.29, 0.717) is 22.8 Å². The molecule has 152 valence electrons. The van der Waals surface area contributed by atoms with E-state index < -0.39 is 0 Å². The summed E-state index contributed by atoms with van der Waals surface area (Å²) in [6.07, 6.45) is 1.63. The highest BCUT2D eigenvalue weighted by molar-refractivity contribution is 7.11. The molecule has 31 heavy (non-hydrogen) atoms. The van der Waals surface area contributed by atoms with Crippen LogP contribution in [0.3, 0.4) is 0 Å². The van der Waals surface area contributed by atoms with Crippen LogP contribution in [0.2, 0.25) is 0 Å². The zero-order valence-electron chi connectivity index (χ0n) is 16.8. The van der Waals surface area contributed by atoms with Crippen LogP contribution in [-0.4, -0.2) is 17.6 Å². The van der Waals surface area contributed by atoms with E-state index in [0.717, 1.165) is 22.3 Å². The number of anilines is 1. The van der Waals surface area contributed by atoms with Crippen LogP contribution in [0.5, 0.6) is 0 Å². The van der Waals surface area contributed by atoms with Gasteiger partial charge in [0.15, 0.2) is 0 Å². The van der Waals surface area contributed by atoms with Crippen molar-refractivity contribution in [1.82, 2.24) is 4.98 Å². The van der Waals surface area contributed by atoms with Crippen molar-refractivity contribution in [3.8, 4) is 17.3 Å². The first-order valence-electron chi connectivity index (χ1n) is 9.77. The van der Waals surface area contributed by atoms with Gasteiger partial charge in [-0.2, -0.15) is 5.26 Å². The second-order valence-electron chi connectivity index (χ2n) is 6.71. The van der Waals surface area contributed by atoms with Gasteiger partial charge in [-0.15, -0.1) is 11.3 Å². The molecule has 0 saturated heterocycles. The maximum absolute atomic E-state index is 11.7. The van der Waals surface area contributed by atoms with Crippen molar-refractivity contribution in [2.75, 3.05) is 11.9 Å². The van der Waals surface area contributed by atoms with Crippen molar-refractivity contribution >= 4 is 39.3 Å². The van der Waals surface area contributed by atoms with Gasteiger partial charge >= 0.3 is 5.97 Å². The normalized spacial score (nSPS) is 11.2. The topological polar surface area (TPSA) is 75.0 Å². The molecule has 0 spiro atoms. The standard InChI is InChI=1S/C25H19N3O2S/c1-2-30-25(29)18-9-11-22(12-10-18)27-15-21(14-26)24-28-23(16-31-24)20-8-7-17-5-3-4-6-19(17)13-20/h3-13,15-16,27H,2H2,1H3/b21-15+.